The number of rotatable bonds is 6. The number of amides is 1. The second-order valence-corrected chi connectivity index (χ2v) is 7.59. The van der Waals surface area contributed by atoms with Crippen molar-refractivity contribution in [3.05, 3.63) is 70.7 Å². The second kappa shape index (κ2) is 8.46. The molecule has 1 unspecified atom stereocenters. The summed E-state index contributed by atoms with van der Waals surface area (Å²) in [6.07, 6.45) is 6.26. The van der Waals surface area contributed by atoms with Crippen LogP contribution >= 0.6 is 0 Å². The average molecular weight is 378 g/mol. The van der Waals surface area contributed by atoms with Crippen LogP contribution in [0.2, 0.25) is 0 Å². The third-order valence-corrected chi connectivity index (χ3v) is 5.73. The SMILES string of the molecule is O=C(CCn1c(=O)oc2ccccc21)NC(c1ccccc1)C1CCCCC1. The van der Waals surface area contributed by atoms with Crippen LogP contribution in [0, 0.1) is 5.92 Å². The molecule has 5 nitrogen and oxygen atoms in total. The Morgan fingerprint density at radius 3 is 2.54 bits per heavy atom. The first-order valence-electron chi connectivity index (χ1n) is 10.1. The van der Waals surface area contributed by atoms with Gasteiger partial charge in [0.1, 0.15) is 0 Å². The summed E-state index contributed by atoms with van der Waals surface area (Å²) in [5.41, 5.74) is 2.44. The largest absolute Gasteiger partial charge is 0.419 e. The van der Waals surface area contributed by atoms with Crippen molar-refractivity contribution >= 4 is 17.0 Å². The molecule has 2 aromatic carbocycles. The molecule has 3 aromatic rings. The van der Waals surface area contributed by atoms with Crippen molar-refractivity contribution in [1.29, 1.82) is 0 Å². The van der Waals surface area contributed by atoms with Gasteiger partial charge in [-0.1, -0.05) is 61.7 Å². The van der Waals surface area contributed by atoms with Crippen molar-refractivity contribution in [2.24, 2.45) is 5.92 Å². The Morgan fingerprint density at radius 1 is 1.04 bits per heavy atom. The van der Waals surface area contributed by atoms with Crippen molar-refractivity contribution in [3.63, 3.8) is 0 Å². The zero-order chi connectivity index (χ0) is 19.3. The summed E-state index contributed by atoms with van der Waals surface area (Å²) in [6, 6.07) is 17.6. The van der Waals surface area contributed by atoms with E-state index in [0.29, 0.717) is 18.0 Å². The monoisotopic (exact) mass is 378 g/mol. The first-order chi connectivity index (χ1) is 13.7. The lowest BCUT2D eigenvalue weighted by molar-refractivity contribution is -0.122. The topological polar surface area (TPSA) is 64.2 Å². The number of carbonyl (C=O) groups excluding carboxylic acids is 1. The summed E-state index contributed by atoms with van der Waals surface area (Å²) in [6.45, 7) is 0.313. The van der Waals surface area contributed by atoms with Crippen LogP contribution in [-0.2, 0) is 11.3 Å². The number of hydrogen-bond donors (Lipinski definition) is 1. The molecule has 0 saturated heterocycles. The van der Waals surface area contributed by atoms with Gasteiger partial charge in [-0.15, -0.1) is 0 Å². The van der Waals surface area contributed by atoms with Crippen LogP contribution in [0.25, 0.3) is 11.1 Å². The third-order valence-electron chi connectivity index (χ3n) is 5.73. The quantitative estimate of drug-likeness (QED) is 0.690. The molecule has 1 saturated carbocycles. The van der Waals surface area contributed by atoms with Gasteiger partial charge in [-0.05, 0) is 36.5 Å². The number of benzene rings is 2. The van der Waals surface area contributed by atoms with E-state index in [9.17, 15) is 9.59 Å². The Bertz CT molecular complexity index is 984. The molecule has 1 fully saturated rings. The molecule has 0 spiro atoms. The number of oxazole rings is 1. The first-order valence-corrected chi connectivity index (χ1v) is 10.1. The number of nitrogens with zero attached hydrogens (tertiary/aromatic N) is 1. The summed E-state index contributed by atoms with van der Waals surface area (Å²) in [5, 5.41) is 3.25. The first kappa shape index (κ1) is 18.5. The minimum Gasteiger partial charge on any atom is -0.408 e. The molecule has 146 valence electrons. The Balaban J connectivity index is 1.47. The fourth-order valence-electron chi connectivity index (χ4n) is 4.29. The fourth-order valence-corrected chi connectivity index (χ4v) is 4.29. The van der Waals surface area contributed by atoms with Crippen LogP contribution < -0.4 is 11.1 Å². The predicted octanol–water partition coefficient (Wildman–Crippen LogP) is 4.42. The molecule has 1 N–H and O–H groups in total. The highest BCUT2D eigenvalue weighted by Gasteiger charge is 2.26. The number of para-hydroxylation sites is 2. The number of aromatic nitrogens is 1. The van der Waals surface area contributed by atoms with Crippen LogP contribution in [0.5, 0.6) is 0 Å². The van der Waals surface area contributed by atoms with E-state index in [2.05, 4.69) is 17.4 Å². The molecule has 0 bridgehead atoms. The van der Waals surface area contributed by atoms with Crippen molar-refractivity contribution in [1.82, 2.24) is 9.88 Å². The van der Waals surface area contributed by atoms with Gasteiger partial charge in [-0.3, -0.25) is 9.36 Å². The normalized spacial score (nSPS) is 16.1. The summed E-state index contributed by atoms with van der Waals surface area (Å²) in [5.74, 6) is 0.0232. The highest BCUT2D eigenvalue weighted by molar-refractivity contribution is 5.77. The van der Waals surface area contributed by atoms with Gasteiger partial charge in [0.15, 0.2) is 5.58 Å². The Morgan fingerprint density at radius 2 is 1.75 bits per heavy atom. The van der Waals surface area contributed by atoms with Crippen molar-refractivity contribution in [3.8, 4) is 0 Å². The van der Waals surface area contributed by atoms with Gasteiger partial charge in [-0.2, -0.15) is 0 Å². The number of nitrogens with one attached hydrogen (secondary N) is 1. The molecular weight excluding hydrogens is 352 g/mol. The molecule has 5 heteroatoms. The predicted molar refractivity (Wildman–Crippen MR) is 109 cm³/mol. The van der Waals surface area contributed by atoms with Crippen LogP contribution in [0.3, 0.4) is 0 Å². The Kier molecular flexibility index (Phi) is 5.60. The Labute approximate surface area is 164 Å². The molecule has 28 heavy (non-hydrogen) atoms. The van der Waals surface area contributed by atoms with Gasteiger partial charge in [0.2, 0.25) is 5.91 Å². The lowest BCUT2D eigenvalue weighted by Crippen LogP contribution is -2.35. The number of carbonyl (C=O) groups is 1. The van der Waals surface area contributed by atoms with E-state index < -0.39 is 5.76 Å². The minimum absolute atomic E-state index is 0.0309. The van der Waals surface area contributed by atoms with E-state index in [4.69, 9.17) is 4.42 Å². The molecule has 1 atom stereocenters. The molecule has 0 aliphatic heterocycles. The maximum absolute atomic E-state index is 12.8. The second-order valence-electron chi connectivity index (χ2n) is 7.59. The van der Waals surface area contributed by atoms with Crippen LogP contribution in [0.1, 0.15) is 50.1 Å². The summed E-state index contributed by atoms with van der Waals surface area (Å²) in [7, 11) is 0. The van der Waals surface area contributed by atoms with Crippen molar-refractivity contribution in [2.45, 2.75) is 51.1 Å². The standard InChI is InChI=1S/C23H26N2O3/c26-21(15-16-25-19-13-7-8-14-20(19)28-23(25)27)24-22(17-9-3-1-4-10-17)18-11-5-2-6-12-18/h1,3-4,7-10,13-14,18,22H,2,5-6,11-12,15-16H2,(H,24,26). The minimum atomic E-state index is -0.416. The molecule has 4 rings (SSSR count). The molecule has 1 aliphatic rings. The lowest BCUT2D eigenvalue weighted by Gasteiger charge is -2.31. The van der Waals surface area contributed by atoms with E-state index in [1.807, 2.05) is 36.4 Å². The van der Waals surface area contributed by atoms with Gasteiger partial charge >= 0.3 is 5.76 Å². The van der Waals surface area contributed by atoms with Gasteiger partial charge < -0.3 is 9.73 Å². The van der Waals surface area contributed by atoms with Crippen LogP contribution in [-0.4, -0.2) is 10.5 Å². The van der Waals surface area contributed by atoms with Crippen LogP contribution in [0.15, 0.2) is 63.8 Å². The molecular formula is C23H26N2O3. The van der Waals surface area contributed by atoms with E-state index in [-0.39, 0.29) is 18.4 Å². The summed E-state index contributed by atoms with van der Waals surface area (Å²) in [4.78, 5) is 24.9. The van der Waals surface area contributed by atoms with E-state index in [1.165, 1.54) is 23.8 Å². The maximum atomic E-state index is 12.8. The van der Waals surface area contributed by atoms with Gasteiger partial charge in [0.05, 0.1) is 11.6 Å². The van der Waals surface area contributed by atoms with Crippen molar-refractivity contribution < 1.29 is 9.21 Å². The molecule has 1 aromatic heterocycles. The Hall–Kier alpha value is -2.82. The average Bonchev–Trinajstić information content (AvgIpc) is 3.06. The lowest BCUT2D eigenvalue weighted by atomic mass is 9.81. The highest BCUT2D eigenvalue weighted by atomic mass is 16.4. The van der Waals surface area contributed by atoms with E-state index in [0.717, 1.165) is 23.9 Å². The van der Waals surface area contributed by atoms with Crippen molar-refractivity contribution in [2.75, 3.05) is 0 Å². The summed E-state index contributed by atoms with van der Waals surface area (Å²) < 4.78 is 6.79. The zero-order valence-electron chi connectivity index (χ0n) is 16.0. The van der Waals surface area contributed by atoms with Gasteiger partial charge in [0, 0.05) is 13.0 Å². The van der Waals surface area contributed by atoms with Crippen LogP contribution in [0.4, 0.5) is 0 Å². The zero-order valence-corrected chi connectivity index (χ0v) is 16.0. The van der Waals surface area contributed by atoms with E-state index in [1.54, 1.807) is 6.07 Å². The molecule has 1 aliphatic carbocycles. The van der Waals surface area contributed by atoms with E-state index >= 15 is 0 Å². The smallest absolute Gasteiger partial charge is 0.408 e. The third kappa shape index (κ3) is 4.03. The van der Waals surface area contributed by atoms with Gasteiger partial charge in [-0.25, -0.2) is 4.79 Å². The fraction of sp³-hybridized carbons (Fsp3) is 0.391. The van der Waals surface area contributed by atoms with Gasteiger partial charge in [0.25, 0.3) is 0 Å². The molecule has 1 heterocycles. The number of hydrogen-bond acceptors (Lipinski definition) is 3. The highest BCUT2D eigenvalue weighted by Crippen LogP contribution is 2.34. The number of fused-ring (bicyclic) bond motifs is 1. The molecule has 1 amide bonds. The maximum Gasteiger partial charge on any atom is 0.419 e. The number of aryl methyl sites for hydroxylation is 1. The summed E-state index contributed by atoms with van der Waals surface area (Å²) >= 11 is 0. The molecule has 0 radical (unpaired) electrons.